The Labute approximate surface area is 287 Å². The zero-order valence-corrected chi connectivity index (χ0v) is 28.2. The second kappa shape index (κ2) is 17.6. The average molecular weight is 665 g/mol. The lowest BCUT2D eigenvalue weighted by atomic mass is 10.0. The van der Waals surface area contributed by atoms with Crippen molar-refractivity contribution >= 4 is 29.5 Å². The van der Waals surface area contributed by atoms with Crippen molar-refractivity contribution in [2.24, 2.45) is 5.92 Å². The summed E-state index contributed by atoms with van der Waals surface area (Å²) < 4.78 is 0. The van der Waals surface area contributed by atoms with Gasteiger partial charge in [-0.2, -0.15) is 5.26 Å². The van der Waals surface area contributed by atoms with Gasteiger partial charge in [0.1, 0.15) is 18.1 Å². The molecule has 11 heteroatoms. The number of carbonyl (C=O) groups excluding carboxylic acids is 5. The molecule has 5 rings (SSSR count). The third-order valence-corrected chi connectivity index (χ3v) is 8.29. The SMILES string of the molecule is CC(C)C[C@@H]1NC(=O)[C@@H](Cc2ccccc2)NC(=O)c2ccc(cc2)CN(C(=O)c2ccc(C#N)cc2)CCCCNC(=O)[C@@H](C)NC1=O. The van der Waals surface area contributed by atoms with Crippen LogP contribution >= 0.6 is 0 Å². The minimum absolute atomic E-state index is 0.0544. The highest BCUT2D eigenvalue weighted by Crippen LogP contribution is 2.15. The standard InChI is InChI=1S/C38H44N6O5/c1-25(2)21-32-36(47)41-26(3)34(45)40-19-7-8-20-44(38(49)31-17-11-28(23-39)12-18-31)24-29-13-15-30(16-14-29)35(46)42-33(37(48)43-32)22-27-9-5-4-6-10-27/h4-6,9-18,25-26,32-33H,7-8,19-22,24H2,1-3H3,(H,40,45)(H,41,47)(H,42,46)(H,43,48)/t26-,32+,33-/m1/s1. The number of nitrogens with zero attached hydrogens (tertiary/aromatic N) is 2. The topological polar surface area (TPSA) is 160 Å². The van der Waals surface area contributed by atoms with Gasteiger partial charge in [0.25, 0.3) is 11.8 Å². The van der Waals surface area contributed by atoms with Gasteiger partial charge in [-0.3, -0.25) is 24.0 Å². The van der Waals surface area contributed by atoms with E-state index in [0.29, 0.717) is 49.0 Å². The Balaban J connectivity index is 1.62. The molecule has 2 aliphatic heterocycles. The third kappa shape index (κ3) is 10.8. The Morgan fingerprint density at radius 2 is 1.51 bits per heavy atom. The van der Waals surface area contributed by atoms with Crippen molar-refractivity contribution < 1.29 is 24.0 Å². The molecule has 49 heavy (non-hydrogen) atoms. The molecule has 0 spiro atoms. The summed E-state index contributed by atoms with van der Waals surface area (Å²) in [5.41, 5.74) is 2.85. The molecule has 0 unspecified atom stereocenters. The molecular weight excluding hydrogens is 620 g/mol. The van der Waals surface area contributed by atoms with Crippen molar-refractivity contribution in [3.63, 3.8) is 0 Å². The van der Waals surface area contributed by atoms with Crippen LogP contribution in [0.4, 0.5) is 0 Å². The molecule has 3 aromatic carbocycles. The molecular formula is C38H44N6O5. The summed E-state index contributed by atoms with van der Waals surface area (Å²) in [5.74, 6) is -2.00. The largest absolute Gasteiger partial charge is 0.354 e. The highest BCUT2D eigenvalue weighted by atomic mass is 16.2. The van der Waals surface area contributed by atoms with Crippen LogP contribution in [0.2, 0.25) is 0 Å². The van der Waals surface area contributed by atoms with E-state index < -0.39 is 35.8 Å². The number of nitriles is 1. The van der Waals surface area contributed by atoms with Crippen molar-refractivity contribution in [1.82, 2.24) is 26.2 Å². The van der Waals surface area contributed by atoms with E-state index >= 15 is 0 Å². The van der Waals surface area contributed by atoms with Crippen LogP contribution in [0.25, 0.3) is 0 Å². The lowest BCUT2D eigenvalue weighted by molar-refractivity contribution is -0.132. The number of nitrogens with one attached hydrogen (secondary N) is 4. The van der Waals surface area contributed by atoms with Crippen LogP contribution in [0.1, 0.15) is 77.4 Å². The van der Waals surface area contributed by atoms with Gasteiger partial charge in [0.15, 0.2) is 0 Å². The summed E-state index contributed by atoms with van der Waals surface area (Å²) in [6.45, 7) is 6.45. The number of carbonyl (C=O) groups is 5. The van der Waals surface area contributed by atoms with E-state index in [-0.39, 0.29) is 30.7 Å². The minimum atomic E-state index is -0.993. The van der Waals surface area contributed by atoms with Gasteiger partial charge in [0.05, 0.1) is 11.6 Å². The van der Waals surface area contributed by atoms with Crippen LogP contribution in [0, 0.1) is 17.2 Å². The maximum absolute atomic E-state index is 13.7. The smallest absolute Gasteiger partial charge is 0.254 e. The summed E-state index contributed by atoms with van der Waals surface area (Å²) in [7, 11) is 0. The molecule has 2 bridgehead atoms. The predicted molar refractivity (Wildman–Crippen MR) is 185 cm³/mol. The van der Waals surface area contributed by atoms with E-state index in [4.69, 9.17) is 5.26 Å². The normalized spacial score (nSPS) is 19.9. The fourth-order valence-electron chi connectivity index (χ4n) is 5.55. The minimum Gasteiger partial charge on any atom is -0.354 e. The zero-order chi connectivity index (χ0) is 35.3. The quantitative estimate of drug-likeness (QED) is 0.306. The summed E-state index contributed by atoms with van der Waals surface area (Å²) >= 11 is 0. The molecule has 0 radical (unpaired) electrons. The number of amides is 5. The maximum atomic E-state index is 13.7. The Hall–Kier alpha value is -5.50. The maximum Gasteiger partial charge on any atom is 0.254 e. The van der Waals surface area contributed by atoms with Crippen molar-refractivity contribution in [3.8, 4) is 6.07 Å². The van der Waals surface area contributed by atoms with Crippen molar-refractivity contribution in [2.45, 2.75) is 71.1 Å². The van der Waals surface area contributed by atoms with Crippen LogP contribution in [-0.2, 0) is 27.3 Å². The fraction of sp³-hybridized carbons (Fsp3) is 0.368. The first-order valence-corrected chi connectivity index (χ1v) is 16.7. The van der Waals surface area contributed by atoms with E-state index in [1.54, 1.807) is 60.4 Å². The molecule has 0 aromatic heterocycles. The lowest BCUT2D eigenvalue weighted by Crippen LogP contribution is -2.57. The third-order valence-electron chi connectivity index (χ3n) is 8.29. The number of fused-ring (bicyclic) bond motifs is 18. The fourth-order valence-corrected chi connectivity index (χ4v) is 5.55. The Morgan fingerprint density at radius 1 is 0.837 bits per heavy atom. The van der Waals surface area contributed by atoms with Gasteiger partial charge in [0.2, 0.25) is 17.7 Å². The van der Waals surface area contributed by atoms with Crippen molar-refractivity contribution in [1.29, 1.82) is 5.26 Å². The Kier molecular flexibility index (Phi) is 13.0. The first-order valence-electron chi connectivity index (χ1n) is 16.7. The summed E-state index contributed by atoms with van der Waals surface area (Å²) in [6, 6.07) is 21.8. The summed E-state index contributed by atoms with van der Waals surface area (Å²) in [4.78, 5) is 68.7. The number of benzene rings is 3. The van der Waals surface area contributed by atoms with E-state index in [1.165, 1.54) is 0 Å². The second-order valence-electron chi connectivity index (χ2n) is 12.7. The van der Waals surface area contributed by atoms with Gasteiger partial charge in [-0.05, 0) is 79.6 Å². The number of hydrogen-bond acceptors (Lipinski definition) is 6. The summed E-state index contributed by atoms with van der Waals surface area (Å²) in [5, 5.41) is 20.4. The average Bonchev–Trinajstić information content (AvgIpc) is 3.10. The van der Waals surface area contributed by atoms with E-state index in [2.05, 4.69) is 27.3 Å². The molecule has 0 fully saturated rings. The molecule has 2 heterocycles. The molecule has 3 aromatic rings. The Morgan fingerprint density at radius 3 is 2.16 bits per heavy atom. The van der Waals surface area contributed by atoms with Crippen LogP contribution in [0.5, 0.6) is 0 Å². The molecule has 0 saturated heterocycles. The Bertz CT molecular complexity index is 1650. The lowest BCUT2D eigenvalue weighted by Gasteiger charge is -2.25. The highest BCUT2D eigenvalue weighted by Gasteiger charge is 2.29. The number of rotatable bonds is 5. The van der Waals surface area contributed by atoms with Gasteiger partial charge in [0, 0.05) is 37.2 Å². The van der Waals surface area contributed by atoms with Gasteiger partial charge in [-0.15, -0.1) is 0 Å². The molecule has 0 aliphatic carbocycles. The summed E-state index contributed by atoms with van der Waals surface area (Å²) in [6.07, 6.45) is 1.70. The van der Waals surface area contributed by atoms with Crippen LogP contribution in [0.3, 0.4) is 0 Å². The molecule has 5 amide bonds. The molecule has 2 aliphatic rings. The first kappa shape index (κ1) is 36.3. The van der Waals surface area contributed by atoms with Gasteiger partial charge in [-0.25, -0.2) is 0 Å². The van der Waals surface area contributed by atoms with Crippen LogP contribution < -0.4 is 21.3 Å². The highest BCUT2D eigenvalue weighted by molar-refractivity contribution is 5.99. The van der Waals surface area contributed by atoms with E-state index in [1.807, 2.05) is 44.2 Å². The number of hydrogen-bond donors (Lipinski definition) is 4. The van der Waals surface area contributed by atoms with Gasteiger partial charge < -0.3 is 26.2 Å². The molecule has 256 valence electrons. The molecule has 0 saturated carbocycles. The first-order chi connectivity index (χ1) is 23.5. The van der Waals surface area contributed by atoms with Crippen LogP contribution in [0.15, 0.2) is 78.9 Å². The van der Waals surface area contributed by atoms with Crippen molar-refractivity contribution in [3.05, 3.63) is 107 Å². The molecule has 11 nitrogen and oxygen atoms in total. The zero-order valence-electron chi connectivity index (χ0n) is 28.2. The van der Waals surface area contributed by atoms with Gasteiger partial charge >= 0.3 is 0 Å². The van der Waals surface area contributed by atoms with E-state index in [9.17, 15) is 24.0 Å². The second-order valence-corrected chi connectivity index (χ2v) is 12.7. The monoisotopic (exact) mass is 664 g/mol. The molecule has 4 N–H and O–H groups in total. The van der Waals surface area contributed by atoms with E-state index in [0.717, 1.165) is 11.1 Å². The molecule has 3 atom stereocenters. The van der Waals surface area contributed by atoms with Gasteiger partial charge in [-0.1, -0.05) is 56.3 Å². The predicted octanol–water partition coefficient (Wildman–Crippen LogP) is 3.49. The van der Waals surface area contributed by atoms with Crippen LogP contribution in [-0.4, -0.2) is 65.7 Å². The van der Waals surface area contributed by atoms with Crippen molar-refractivity contribution in [2.75, 3.05) is 13.1 Å².